The quantitative estimate of drug-likeness (QED) is 0.928. The Kier molecular flexibility index (Phi) is 4.51. The third kappa shape index (κ3) is 3.31. The Bertz CT molecular complexity index is 558. The lowest BCUT2D eigenvalue weighted by Gasteiger charge is -2.11. The molecule has 100 valence electrons. The zero-order chi connectivity index (χ0) is 13.8. The van der Waals surface area contributed by atoms with Crippen LogP contribution in [0.15, 0.2) is 24.3 Å². The van der Waals surface area contributed by atoms with Gasteiger partial charge in [0.05, 0.1) is 0 Å². The molecule has 1 aromatic heterocycles. The lowest BCUT2D eigenvalue weighted by molar-refractivity contribution is 0.711. The molecule has 3 nitrogen and oxygen atoms in total. The number of hydrogen-bond donors (Lipinski definition) is 1. The lowest BCUT2D eigenvalue weighted by atomic mass is 10.1. The fourth-order valence-electron chi connectivity index (χ4n) is 2.00. The van der Waals surface area contributed by atoms with Crippen LogP contribution in [-0.4, -0.2) is 16.5 Å². The molecule has 1 heterocycles. The maximum absolute atomic E-state index is 6.01. The minimum Gasteiger partial charge on any atom is -0.313 e. The minimum atomic E-state index is 0.702. The van der Waals surface area contributed by atoms with Crippen molar-refractivity contribution in [1.29, 1.82) is 0 Å². The molecule has 2 rings (SSSR count). The highest BCUT2D eigenvalue weighted by Crippen LogP contribution is 2.21. The zero-order valence-corrected chi connectivity index (χ0v) is 12.3. The van der Waals surface area contributed by atoms with E-state index < -0.39 is 0 Å². The molecule has 0 fully saturated rings. The standard InChI is InChI=1S/C15H18ClN3/c1-4-17-9-14-10(2)18-15(19-11(14)3)12-6-5-7-13(16)8-12/h5-8,17H,4,9H2,1-3H3. The van der Waals surface area contributed by atoms with Gasteiger partial charge >= 0.3 is 0 Å². The number of hydrogen-bond acceptors (Lipinski definition) is 3. The summed E-state index contributed by atoms with van der Waals surface area (Å²) in [5.74, 6) is 0.734. The van der Waals surface area contributed by atoms with Crippen molar-refractivity contribution in [2.24, 2.45) is 0 Å². The number of nitrogens with one attached hydrogen (secondary N) is 1. The summed E-state index contributed by atoms with van der Waals surface area (Å²) in [5, 5.41) is 4.02. The van der Waals surface area contributed by atoms with Crippen LogP contribution in [-0.2, 0) is 6.54 Å². The van der Waals surface area contributed by atoms with E-state index in [0.29, 0.717) is 5.02 Å². The Morgan fingerprint density at radius 3 is 2.42 bits per heavy atom. The van der Waals surface area contributed by atoms with Crippen LogP contribution >= 0.6 is 11.6 Å². The van der Waals surface area contributed by atoms with Crippen molar-refractivity contribution in [2.75, 3.05) is 6.54 Å². The van der Waals surface area contributed by atoms with Gasteiger partial charge in [0, 0.05) is 34.1 Å². The van der Waals surface area contributed by atoms with Gasteiger partial charge in [-0.2, -0.15) is 0 Å². The molecule has 0 aliphatic heterocycles. The van der Waals surface area contributed by atoms with Gasteiger partial charge in [0.25, 0.3) is 0 Å². The molecule has 0 atom stereocenters. The Morgan fingerprint density at radius 2 is 1.84 bits per heavy atom. The second-order valence-electron chi connectivity index (χ2n) is 4.49. The van der Waals surface area contributed by atoms with Crippen molar-refractivity contribution in [1.82, 2.24) is 15.3 Å². The number of nitrogens with zero attached hydrogens (tertiary/aromatic N) is 2. The maximum atomic E-state index is 6.01. The maximum Gasteiger partial charge on any atom is 0.159 e. The fourth-order valence-corrected chi connectivity index (χ4v) is 2.19. The van der Waals surface area contributed by atoms with Crippen LogP contribution in [0.25, 0.3) is 11.4 Å². The topological polar surface area (TPSA) is 37.8 Å². The molecule has 4 heteroatoms. The predicted octanol–water partition coefficient (Wildman–Crippen LogP) is 3.52. The summed E-state index contributed by atoms with van der Waals surface area (Å²) in [5.41, 5.74) is 4.16. The van der Waals surface area contributed by atoms with E-state index in [-0.39, 0.29) is 0 Å². The van der Waals surface area contributed by atoms with E-state index in [0.717, 1.165) is 35.9 Å². The lowest BCUT2D eigenvalue weighted by Crippen LogP contribution is -2.15. The summed E-state index contributed by atoms with van der Waals surface area (Å²) in [6.45, 7) is 7.88. The van der Waals surface area contributed by atoms with E-state index in [1.54, 1.807) is 0 Å². The molecule has 1 aromatic carbocycles. The summed E-state index contributed by atoms with van der Waals surface area (Å²) in [4.78, 5) is 9.18. The Balaban J connectivity index is 2.39. The van der Waals surface area contributed by atoms with Crippen LogP contribution in [0.5, 0.6) is 0 Å². The van der Waals surface area contributed by atoms with Gasteiger partial charge in [-0.1, -0.05) is 30.7 Å². The van der Waals surface area contributed by atoms with Crippen LogP contribution in [0.2, 0.25) is 5.02 Å². The second kappa shape index (κ2) is 6.13. The van der Waals surface area contributed by atoms with Gasteiger partial charge in [-0.25, -0.2) is 9.97 Å². The van der Waals surface area contributed by atoms with E-state index in [1.807, 2.05) is 38.1 Å². The highest BCUT2D eigenvalue weighted by atomic mass is 35.5. The largest absolute Gasteiger partial charge is 0.313 e. The number of halogens is 1. The monoisotopic (exact) mass is 275 g/mol. The van der Waals surface area contributed by atoms with Crippen molar-refractivity contribution < 1.29 is 0 Å². The van der Waals surface area contributed by atoms with E-state index in [2.05, 4.69) is 22.2 Å². The Labute approximate surface area is 119 Å². The summed E-state index contributed by atoms with van der Waals surface area (Å²) in [6, 6.07) is 7.63. The molecule has 0 saturated heterocycles. The zero-order valence-electron chi connectivity index (χ0n) is 11.5. The summed E-state index contributed by atoms with van der Waals surface area (Å²) >= 11 is 6.01. The summed E-state index contributed by atoms with van der Waals surface area (Å²) < 4.78 is 0. The first-order chi connectivity index (χ1) is 9.11. The van der Waals surface area contributed by atoms with Gasteiger partial charge in [0.1, 0.15) is 0 Å². The average molecular weight is 276 g/mol. The van der Waals surface area contributed by atoms with Crippen molar-refractivity contribution in [2.45, 2.75) is 27.3 Å². The van der Waals surface area contributed by atoms with Gasteiger partial charge in [-0.3, -0.25) is 0 Å². The molecule has 0 saturated carbocycles. The first-order valence-corrected chi connectivity index (χ1v) is 6.80. The van der Waals surface area contributed by atoms with Gasteiger partial charge in [0.2, 0.25) is 0 Å². The normalized spacial score (nSPS) is 10.7. The predicted molar refractivity (Wildman–Crippen MR) is 79.3 cm³/mol. The highest BCUT2D eigenvalue weighted by molar-refractivity contribution is 6.30. The fraction of sp³-hybridized carbons (Fsp3) is 0.333. The molecule has 1 N–H and O–H groups in total. The third-order valence-corrected chi connectivity index (χ3v) is 3.29. The van der Waals surface area contributed by atoms with Crippen LogP contribution in [0.4, 0.5) is 0 Å². The molecule has 2 aromatic rings. The average Bonchev–Trinajstić information content (AvgIpc) is 2.37. The number of benzene rings is 1. The molecule has 0 spiro atoms. The van der Waals surface area contributed by atoms with Crippen LogP contribution < -0.4 is 5.32 Å². The number of rotatable bonds is 4. The second-order valence-corrected chi connectivity index (χ2v) is 4.92. The van der Waals surface area contributed by atoms with Gasteiger partial charge < -0.3 is 5.32 Å². The Morgan fingerprint density at radius 1 is 1.16 bits per heavy atom. The van der Waals surface area contributed by atoms with Crippen molar-refractivity contribution in [3.63, 3.8) is 0 Å². The van der Waals surface area contributed by atoms with Crippen molar-refractivity contribution in [3.05, 3.63) is 46.2 Å². The highest BCUT2D eigenvalue weighted by Gasteiger charge is 2.09. The molecule has 19 heavy (non-hydrogen) atoms. The van der Waals surface area contributed by atoms with E-state index >= 15 is 0 Å². The molecule has 0 unspecified atom stereocenters. The van der Waals surface area contributed by atoms with Crippen LogP contribution in [0, 0.1) is 13.8 Å². The first-order valence-electron chi connectivity index (χ1n) is 6.42. The molecule has 0 aliphatic carbocycles. The molecule has 0 radical (unpaired) electrons. The van der Waals surface area contributed by atoms with E-state index in [4.69, 9.17) is 11.6 Å². The van der Waals surface area contributed by atoms with Crippen molar-refractivity contribution >= 4 is 11.6 Å². The van der Waals surface area contributed by atoms with E-state index in [9.17, 15) is 0 Å². The smallest absolute Gasteiger partial charge is 0.159 e. The SMILES string of the molecule is CCNCc1c(C)nc(-c2cccc(Cl)c2)nc1C. The first kappa shape index (κ1) is 14.0. The molecular formula is C15H18ClN3. The minimum absolute atomic E-state index is 0.702. The van der Waals surface area contributed by atoms with Gasteiger partial charge in [-0.15, -0.1) is 0 Å². The summed E-state index contributed by atoms with van der Waals surface area (Å²) in [7, 11) is 0. The Hall–Kier alpha value is -1.45. The summed E-state index contributed by atoms with van der Waals surface area (Å²) in [6.07, 6.45) is 0. The molecular weight excluding hydrogens is 258 g/mol. The van der Waals surface area contributed by atoms with Crippen LogP contribution in [0.3, 0.4) is 0 Å². The number of aryl methyl sites for hydroxylation is 2. The molecule has 0 amide bonds. The van der Waals surface area contributed by atoms with E-state index in [1.165, 1.54) is 5.56 Å². The van der Waals surface area contributed by atoms with Gasteiger partial charge in [-0.05, 0) is 32.5 Å². The van der Waals surface area contributed by atoms with Gasteiger partial charge in [0.15, 0.2) is 5.82 Å². The van der Waals surface area contributed by atoms with Crippen molar-refractivity contribution in [3.8, 4) is 11.4 Å². The third-order valence-electron chi connectivity index (χ3n) is 3.06. The number of aromatic nitrogens is 2. The van der Waals surface area contributed by atoms with Crippen LogP contribution in [0.1, 0.15) is 23.9 Å². The molecule has 0 bridgehead atoms. The molecule has 0 aliphatic rings.